The van der Waals surface area contributed by atoms with Crippen molar-refractivity contribution in [2.24, 2.45) is 7.05 Å². The van der Waals surface area contributed by atoms with Crippen molar-refractivity contribution in [3.63, 3.8) is 0 Å². The van der Waals surface area contributed by atoms with E-state index < -0.39 is 0 Å². The second kappa shape index (κ2) is 4.40. The van der Waals surface area contributed by atoms with E-state index in [-0.39, 0.29) is 17.3 Å². The first-order valence-electron chi connectivity index (χ1n) is 5.44. The fourth-order valence-corrected chi connectivity index (χ4v) is 1.62. The Bertz CT molecular complexity index is 585. The maximum Gasteiger partial charge on any atom is 0.258 e. The van der Waals surface area contributed by atoms with Gasteiger partial charge in [0.2, 0.25) is 5.88 Å². The summed E-state index contributed by atoms with van der Waals surface area (Å²) in [4.78, 5) is 18.3. The third kappa shape index (κ3) is 2.20. The molecule has 0 amide bonds. The molecule has 0 spiro atoms. The van der Waals surface area contributed by atoms with E-state index in [2.05, 4.69) is 15.1 Å². The highest BCUT2D eigenvalue weighted by Crippen LogP contribution is 2.16. The monoisotopic (exact) mass is 234 g/mol. The van der Waals surface area contributed by atoms with Gasteiger partial charge in [-0.05, 0) is 12.5 Å². The van der Waals surface area contributed by atoms with Gasteiger partial charge >= 0.3 is 0 Å². The van der Waals surface area contributed by atoms with Crippen molar-refractivity contribution in [3.8, 4) is 17.4 Å². The Morgan fingerprint density at radius 2 is 2.29 bits per heavy atom. The van der Waals surface area contributed by atoms with E-state index in [0.29, 0.717) is 17.7 Å². The van der Waals surface area contributed by atoms with Crippen molar-refractivity contribution in [2.45, 2.75) is 19.8 Å². The van der Waals surface area contributed by atoms with Crippen molar-refractivity contribution >= 4 is 0 Å². The Labute approximate surface area is 98.0 Å². The van der Waals surface area contributed by atoms with Gasteiger partial charge in [-0.3, -0.25) is 9.48 Å². The first-order chi connectivity index (χ1) is 8.11. The number of aromatic hydroxyl groups is 1. The summed E-state index contributed by atoms with van der Waals surface area (Å²) in [6.07, 6.45) is 3.03. The molecule has 0 aliphatic heterocycles. The van der Waals surface area contributed by atoms with Crippen LogP contribution in [0.3, 0.4) is 0 Å². The van der Waals surface area contributed by atoms with Gasteiger partial charge < -0.3 is 10.1 Å². The topological polar surface area (TPSA) is 83.8 Å². The SMILES string of the molecule is CCCc1c(O)nc(-c2ccn(C)n2)[nH]c1=O. The largest absolute Gasteiger partial charge is 0.493 e. The molecule has 2 aromatic rings. The number of rotatable bonds is 3. The second-order valence-electron chi connectivity index (χ2n) is 3.84. The van der Waals surface area contributed by atoms with Crippen LogP contribution >= 0.6 is 0 Å². The Kier molecular flexibility index (Phi) is 2.95. The van der Waals surface area contributed by atoms with Crippen molar-refractivity contribution < 1.29 is 5.11 Å². The molecule has 6 nitrogen and oxygen atoms in total. The zero-order valence-electron chi connectivity index (χ0n) is 9.77. The lowest BCUT2D eigenvalue weighted by atomic mass is 10.2. The van der Waals surface area contributed by atoms with Crippen LogP contribution in [0.2, 0.25) is 0 Å². The first kappa shape index (κ1) is 11.4. The van der Waals surface area contributed by atoms with Gasteiger partial charge in [0, 0.05) is 13.2 Å². The molecular formula is C11H14N4O2. The lowest BCUT2D eigenvalue weighted by Crippen LogP contribution is -2.15. The molecule has 0 aliphatic carbocycles. The molecule has 17 heavy (non-hydrogen) atoms. The molecule has 90 valence electrons. The Morgan fingerprint density at radius 1 is 1.53 bits per heavy atom. The van der Waals surface area contributed by atoms with Crippen molar-refractivity contribution in [3.05, 3.63) is 28.2 Å². The third-order valence-electron chi connectivity index (χ3n) is 2.45. The molecular weight excluding hydrogens is 220 g/mol. The van der Waals surface area contributed by atoms with E-state index in [1.165, 1.54) is 0 Å². The summed E-state index contributed by atoms with van der Waals surface area (Å²) >= 11 is 0. The number of hydrogen-bond donors (Lipinski definition) is 2. The summed E-state index contributed by atoms with van der Waals surface area (Å²) in [6.45, 7) is 1.94. The number of nitrogens with one attached hydrogen (secondary N) is 1. The second-order valence-corrected chi connectivity index (χ2v) is 3.84. The predicted octanol–water partition coefficient (Wildman–Crippen LogP) is 0.828. The standard InChI is InChI=1S/C11H14N4O2/c1-3-4-7-10(16)12-9(13-11(7)17)8-5-6-15(2)14-8/h5-6H,3-4H2,1-2H3,(H2,12,13,16,17). The van der Waals surface area contributed by atoms with Crippen LogP contribution in [0.4, 0.5) is 0 Å². The van der Waals surface area contributed by atoms with Gasteiger partial charge in [-0.2, -0.15) is 10.1 Å². The Hall–Kier alpha value is -2.11. The lowest BCUT2D eigenvalue weighted by Gasteiger charge is -2.02. The predicted molar refractivity (Wildman–Crippen MR) is 62.7 cm³/mol. The molecule has 2 heterocycles. The normalized spacial score (nSPS) is 10.7. The highest BCUT2D eigenvalue weighted by molar-refractivity contribution is 5.49. The molecule has 0 unspecified atom stereocenters. The van der Waals surface area contributed by atoms with Gasteiger partial charge in [-0.1, -0.05) is 13.3 Å². The van der Waals surface area contributed by atoms with E-state index in [0.717, 1.165) is 6.42 Å². The fraction of sp³-hybridized carbons (Fsp3) is 0.364. The molecule has 6 heteroatoms. The van der Waals surface area contributed by atoms with Gasteiger partial charge in [-0.15, -0.1) is 0 Å². The van der Waals surface area contributed by atoms with Gasteiger partial charge in [0.05, 0.1) is 5.56 Å². The zero-order chi connectivity index (χ0) is 12.4. The molecule has 0 aromatic carbocycles. The third-order valence-corrected chi connectivity index (χ3v) is 2.45. The molecule has 0 atom stereocenters. The molecule has 2 aromatic heterocycles. The van der Waals surface area contributed by atoms with Crippen LogP contribution in [0, 0.1) is 0 Å². The van der Waals surface area contributed by atoms with Gasteiger partial charge in [-0.25, -0.2) is 0 Å². The molecule has 0 saturated heterocycles. The average molecular weight is 234 g/mol. The molecule has 0 bridgehead atoms. The smallest absolute Gasteiger partial charge is 0.258 e. The van der Waals surface area contributed by atoms with Crippen LogP contribution in [0.5, 0.6) is 5.88 Å². The summed E-state index contributed by atoms with van der Waals surface area (Å²) in [5.74, 6) is 0.0733. The molecule has 0 aliphatic rings. The summed E-state index contributed by atoms with van der Waals surface area (Å²) in [6, 6.07) is 1.72. The van der Waals surface area contributed by atoms with E-state index >= 15 is 0 Å². The van der Waals surface area contributed by atoms with E-state index in [9.17, 15) is 9.90 Å². The van der Waals surface area contributed by atoms with E-state index in [4.69, 9.17) is 0 Å². The van der Waals surface area contributed by atoms with Gasteiger partial charge in [0.1, 0.15) is 5.69 Å². The number of nitrogens with zero attached hydrogens (tertiary/aromatic N) is 3. The highest BCUT2D eigenvalue weighted by atomic mass is 16.3. The maximum atomic E-state index is 11.7. The minimum absolute atomic E-state index is 0.212. The number of hydrogen-bond acceptors (Lipinski definition) is 4. The van der Waals surface area contributed by atoms with Crippen LogP contribution in [-0.2, 0) is 13.5 Å². The minimum atomic E-state index is -0.306. The van der Waals surface area contributed by atoms with Crippen molar-refractivity contribution in [1.82, 2.24) is 19.7 Å². The van der Waals surface area contributed by atoms with Crippen molar-refractivity contribution in [1.29, 1.82) is 0 Å². The number of aryl methyl sites for hydroxylation is 1. The van der Waals surface area contributed by atoms with Crippen LogP contribution in [0.25, 0.3) is 11.5 Å². The molecule has 2 rings (SSSR count). The maximum absolute atomic E-state index is 11.7. The lowest BCUT2D eigenvalue weighted by molar-refractivity contribution is 0.443. The molecule has 0 saturated carbocycles. The molecule has 0 fully saturated rings. The Balaban J connectivity index is 2.49. The molecule has 2 N–H and O–H groups in total. The van der Waals surface area contributed by atoms with E-state index in [1.54, 1.807) is 24.0 Å². The summed E-state index contributed by atoms with van der Waals surface area (Å²) in [5, 5.41) is 13.8. The number of aromatic nitrogens is 4. The highest BCUT2D eigenvalue weighted by Gasteiger charge is 2.12. The van der Waals surface area contributed by atoms with Crippen LogP contribution in [0.1, 0.15) is 18.9 Å². The zero-order valence-corrected chi connectivity index (χ0v) is 9.77. The minimum Gasteiger partial charge on any atom is -0.493 e. The van der Waals surface area contributed by atoms with Gasteiger partial charge in [0.25, 0.3) is 5.56 Å². The quantitative estimate of drug-likeness (QED) is 0.823. The number of H-pyrrole nitrogens is 1. The summed E-state index contributed by atoms with van der Waals surface area (Å²) in [5.41, 5.74) is 0.551. The summed E-state index contributed by atoms with van der Waals surface area (Å²) in [7, 11) is 1.77. The van der Waals surface area contributed by atoms with Crippen molar-refractivity contribution in [2.75, 3.05) is 0 Å². The fourth-order valence-electron chi connectivity index (χ4n) is 1.62. The van der Waals surface area contributed by atoms with Gasteiger partial charge in [0.15, 0.2) is 5.82 Å². The van der Waals surface area contributed by atoms with Crippen LogP contribution < -0.4 is 5.56 Å². The Morgan fingerprint density at radius 3 is 2.82 bits per heavy atom. The van der Waals surface area contributed by atoms with Crippen LogP contribution in [0.15, 0.2) is 17.1 Å². The summed E-state index contributed by atoms with van der Waals surface area (Å²) < 4.78 is 1.60. The van der Waals surface area contributed by atoms with E-state index in [1.807, 2.05) is 6.92 Å². The average Bonchev–Trinajstić information content (AvgIpc) is 2.70. The molecule has 0 radical (unpaired) electrons. The first-order valence-corrected chi connectivity index (χ1v) is 5.44. The number of aromatic amines is 1. The van der Waals surface area contributed by atoms with Crippen LogP contribution in [-0.4, -0.2) is 24.9 Å².